The van der Waals surface area contributed by atoms with Crippen LogP contribution in [0, 0.1) is 0 Å². The third-order valence-corrected chi connectivity index (χ3v) is 4.14. The number of likely N-dealkylation sites (tertiary alicyclic amines) is 1. The molecule has 0 spiro atoms. The Kier molecular flexibility index (Phi) is 4.03. The monoisotopic (exact) mass is 290 g/mol. The maximum absolute atomic E-state index is 10.5. The summed E-state index contributed by atoms with van der Waals surface area (Å²) < 4.78 is 11.0. The van der Waals surface area contributed by atoms with Gasteiger partial charge in [-0.2, -0.15) is 0 Å². The van der Waals surface area contributed by atoms with Crippen LogP contribution in [0.25, 0.3) is 0 Å². The lowest BCUT2D eigenvalue weighted by atomic mass is 9.99. The van der Waals surface area contributed by atoms with Gasteiger partial charge in [0.25, 0.3) is 0 Å². The normalized spacial score (nSPS) is 20.2. The molecule has 2 aliphatic rings. The van der Waals surface area contributed by atoms with Crippen LogP contribution in [0.5, 0.6) is 11.5 Å². The molecular weight excluding hydrogens is 268 g/mol. The number of nitrogens with zero attached hydrogens (tertiary/aromatic N) is 1. The summed E-state index contributed by atoms with van der Waals surface area (Å²) in [5.41, 5.74) is 7.71. The van der Waals surface area contributed by atoms with E-state index in [2.05, 4.69) is 11.5 Å². The summed E-state index contributed by atoms with van der Waals surface area (Å²) in [6.45, 7) is 7.08. The third kappa shape index (κ3) is 2.84. The van der Waals surface area contributed by atoms with E-state index in [9.17, 15) is 5.11 Å². The molecule has 5 nitrogen and oxygen atoms in total. The first-order chi connectivity index (χ1) is 10.2. The summed E-state index contributed by atoms with van der Waals surface area (Å²) in [6.07, 6.45) is 1.52. The Bertz CT molecular complexity index is 526. The van der Waals surface area contributed by atoms with Gasteiger partial charge >= 0.3 is 0 Å². The van der Waals surface area contributed by atoms with Crippen LogP contribution in [0.4, 0.5) is 0 Å². The summed E-state index contributed by atoms with van der Waals surface area (Å²) in [5.74, 6) is 1.38. The van der Waals surface area contributed by atoms with E-state index in [0.29, 0.717) is 24.7 Å². The number of aliphatic hydroxyl groups is 1. The molecule has 0 unspecified atom stereocenters. The molecule has 0 radical (unpaired) electrons. The minimum Gasteiger partial charge on any atom is -0.486 e. The Balaban J connectivity index is 1.74. The lowest BCUT2D eigenvalue weighted by Crippen LogP contribution is -2.37. The number of hydrogen-bond acceptors (Lipinski definition) is 5. The van der Waals surface area contributed by atoms with Gasteiger partial charge in [0.15, 0.2) is 11.5 Å². The smallest absolute Gasteiger partial charge is 0.161 e. The molecule has 1 fully saturated rings. The van der Waals surface area contributed by atoms with Gasteiger partial charge in [-0.3, -0.25) is 0 Å². The van der Waals surface area contributed by atoms with E-state index in [1.54, 1.807) is 6.07 Å². The van der Waals surface area contributed by atoms with E-state index in [1.165, 1.54) is 0 Å². The van der Waals surface area contributed by atoms with Gasteiger partial charge in [-0.15, -0.1) is 0 Å². The molecular formula is C16H22N2O3. The van der Waals surface area contributed by atoms with Gasteiger partial charge in [0.05, 0.1) is 12.1 Å². The largest absolute Gasteiger partial charge is 0.486 e. The van der Waals surface area contributed by atoms with Crippen LogP contribution in [0.1, 0.15) is 24.5 Å². The Morgan fingerprint density at radius 2 is 1.86 bits per heavy atom. The average Bonchev–Trinajstić information content (AvgIpc) is 3.06. The van der Waals surface area contributed by atoms with Crippen molar-refractivity contribution in [3.63, 3.8) is 0 Å². The molecule has 0 aliphatic carbocycles. The van der Waals surface area contributed by atoms with Gasteiger partial charge in [-0.1, -0.05) is 12.6 Å². The molecule has 3 rings (SSSR count). The summed E-state index contributed by atoms with van der Waals surface area (Å²) in [6, 6.07) is 4.94. The van der Waals surface area contributed by atoms with Crippen LogP contribution in [0.3, 0.4) is 0 Å². The number of nitrogens with two attached hydrogens (primary N) is 1. The second-order valence-corrected chi connectivity index (χ2v) is 5.56. The maximum Gasteiger partial charge on any atom is 0.161 e. The highest BCUT2D eigenvalue weighted by Gasteiger charge is 2.26. The van der Waals surface area contributed by atoms with Crippen molar-refractivity contribution in [1.29, 1.82) is 0 Å². The van der Waals surface area contributed by atoms with Crippen molar-refractivity contribution in [1.82, 2.24) is 4.90 Å². The third-order valence-electron chi connectivity index (χ3n) is 4.14. The Hall–Kier alpha value is -1.72. The van der Waals surface area contributed by atoms with Gasteiger partial charge < -0.3 is 25.2 Å². The van der Waals surface area contributed by atoms with Crippen molar-refractivity contribution < 1.29 is 14.6 Å². The fraction of sp³-hybridized carbons (Fsp3) is 0.500. The minimum atomic E-state index is -0.797. The van der Waals surface area contributed by atoms with E-state index in [1.807, 2.05) is 12.1 Å². The molecule has 21 heavy (non-hydrogen) atoms. The fourth-order valence-electron chi connectivity index (χ4n) is 2.85. The molecule has 3 N–H and O–H groups in total. The second kappa shape index (κ2) is 5.95. The minimum absolute atomic E-state index is 0.509. The van der Waals surface area contributed by atoms with Crippen molar-refractivity contribution in [2.45, 2.75) is 25.0 Å². The highest BCUT2D eigenvalue weighted by molar-refractivity contribution is 5.45. The highest BCUT2D eigenvalue weighted by Crippen LogP contribution is 2.34. The van der Waals surface area contributed by atoms with Crippen LogP contribution < -0.4 is 15.2 Å². The molecule has 114 valence electrons. The lowest BCUT2D eigenvalue weighted by molar-refractivity contribution is 0.143. The first-order valence-electron chi connectivity index (χ1n) is 7.44. The fourth-order valence-corrected chi connectivity index (χ4v) is 2.85. The molecule has 2 aliphatic heterocycles. The van der Waals surface area contributed by atoms with E-state index >= 15 is 0 Å². The Labute approximate surface area is 125 Å². The topological polar surface area (TPSA) is 68.0 Å². The van der Waals surface area contributed by atoms with Crippen LogP contribution in [-0.4, -0.2) is 42.4 Å². The number of benzene rings is 1. The summed E-state index contributed by atoms with van der Waals surface area (Å²) >= 11 is 0. The predicted molar refractivity (Wildman–Crippen MR) is 80.3 cm³/mol. The van der Waals surface area contributed by atoms with Crippen molar-refractivity contribution in [2.24, 2.45) is 5.73 Å². The van der Waals surface area contributed by atoms with E-state index in [4.69, 9.17) is 15.2 Å². The number of ether oxygens (including phenoxy) is 2. The molecule has 0 bridgehead atoms. The van der Waals surface area contributed by atoms with Crippen LogP contribution in [-0.2, 0) is 0 Å². The zero-order valence-corrected chi connectivity index (χ0v) is 12.1. The Morgan fingerprint density at radius 1 is 1.19 bits per heavy atom. The van der Waals surface area contributed by atoms with Gasteiger partial charge in [0, 0.05) is 18.8 Å². The molecule has 1 saturated heterocycles. The summed E-state index contributed by atoms with van der Waals surface area (Å²) in [5, 5.41) is 10.5. The average molecular weight is 290 g/mol. The van der Waals surface area contributed by atoms with E-state index < -0.39 is 12.1 Å². The molecule has 1 aromatic carbocycles. The SMILES string of the molecule is C=C([C@@H](N)[C@H](O)c1ccc2c(c1)OCCO2)N1CCCC1. The first kappa shape index (κ1) is 14.2. The van der Waals surface area contributed by atoms with Gasteiger partial charge in [0.2, 0.25) is 0 Å². The molecule has 5 heteroatoms. The quantitative estimate of drug-likeness (QED) is 0.878. The molecule has 0 saturated carbocycles. The number of fused-ring (bicyclic) bond motifs is 1. The van der Waals surface area contributed by atoms with E-state index in [0.717, 1.165) is 37.2 Å². The van der Waals surface area contributed by atoms with E-state index in [-0.39, 0.29) is 0 Å². The van der Waals surface area contributed by atoms with Crippen LogP contribution in [0.15, 0.2) is 30.5 Å². The number of hydrogen-bond donors (Lipinski definition) is 2. The summed E-state index contributed by atoms with van der Waals surface area (Å²) in [7, 11) is 0. The van der Waals surface area contributed by atoms with Crippen molar-refractivity contribution >= 4 is 0 Å². The highest BCUT2D eigenvalue weighted by atomic mass is 16.6. The van der Waals surface area contributed by atoms with Crippen LogP contribution >= 0.6 is 0 Å². The predicted octanol–water partition coefficient (Wildman–Crippen LogP) is 1.43. The number of rotatable bonds is 4. The van der Waals surface area contributed by atoms with Gasteiger partial charge in [0.1, 0.15) is 13.2 Å². The zero-order valence-electron chi connectivity index (χ0n) is 12.1. The van der Waals surface area contributed by atoms with Crippen molar-refractivity contribution in [2.75, 3.05) is 26.3 Å². The van der Waals surface area contributed by atoms with Gasteiger partial charge in [-0.25, -0.2) is 0 Å². The second-order valence-electron chi connectivity index (χ2n) is 5.56. The number of aliphatic hydroxyl groups excluding tert-OH is 1. The molecule has 2 heterocycles. The van der Waals surface area contributed by atoms with Gasteiger partial charge in [-0.05, 0) is 30.5 Å². The molecule has 2 atom stereocenters. The lowest BCUT2D eigenvalue weighted by Gasteiger charge is -2.29. The maximum atomic E-state index is 10.5. The van der Waals surface area contributed by atoms with Crippen LogP contribution in [0.2, 0.25) is 0 Å². The Morgan fingerprint density at radius 3 is 2.57 bits per heavy atom. The molecule has 0 aromatic heterocycles. The molecule has 1 aromatic rings. The standard InChI is InChI=1S/C16H22N2O3/c1-11(18-6-2-3-7-18)15(17)16(19)12-4-5-13-14(10-12)21-9-8-20-13/h4-5,10,15-16,19H,1-3,6-9,17H2/t15-,16-/m1/s1. The zero-order chi connectivity index (χ0) is 14.8. The molecule has 0 amide bonds. The first-order valence-corrected chi connectivity index (χ1v) is 7.44. The van der Waals surface area contributed by atoms with Crippen molar-refractivity contribution in [3.8, 4) is 11.5 Å². The summed E-state index contributed by atoms with van der Waals surface area (Å²) in [4.78, 5) is 2.16. The van der Waals surface area contributed by atoms with Crippen molar-refractivity contribution in [3.05, 3.63) is 36.0 Å².